The van der Waals surface area contributed by atoms with E-state index in [0.29, 0.717) is 25.9 Å². The smallest absolute Gasteiger partial charge is 0.311 e. The van der Waals surface area contributed by atoms with Crippen LogP contribution in [-0.2, 0) is 16.0 Å². The first kappa shape index (κ1) is 17.5. The van der Waals surface area contributed by atoms with Gasteiger partial charge in [0.2, 0.25) is 5.91 Å². The number of carbonyl (C=O) groups excluding carboxylic acids is 1. The predicted octanol–water partition coefficient (Wildman–Crippen LogP) is 3.46. The maximum absolute atomic E-state index is 12.5. The maximum atomic E-state index is 12.5. The van der Waals surface area contributed by atoms with E-state index in [2.05, 4.69) is 38.1 Å². The number of hydrogen-bond donors (Lipinski definition) is 1. The van der Waals surface area contributed by atoms with Crippen LogP contribution in [-0.4, -0.2) is 35.0 Å². The first-order valence-corrected chi connectivity index (χ1v) is 8.45. The van der Waals surface area contributed by atoms with Crippen LogP contribution in [0.15, 0.2) is 24.3 Å². The molecular formula is C19H27NO3. The van der Waals surface area contributed by atoms with Gasteiger partial charge in [-0.2, -0.15) is 0 Å². The van der Waals surface area contributed by atoms with E-state index in [1.165, 1.54) is 5.56 Å². The van der Waals surface area contributed by atoms with Crippen molar-refractivity contribution >= 4 is 11.9 Å². The molecule has 1 amide bonds. The van der Waals surface area contributed by atoms with Crippen molar-refractivity contribution in [3.63, 3.8) is 0 Å². The van der Waals surface area contributed by atoms with Gasteiger partial charge in [-0.1, -0.05) is 38.1 Å². The van der Waals surface area contributed by atoms with E-state index in [0.717, 1.165) is 18.4 Å². The summed E-state index contributed by atoms with van der Waals surface area (Å²) in [4.78, 5) is 25.7. The van der Waals surface area contributed by atoms with E-state index in [1.54, 1.807) is 11.8 Å². The molecule has 126 valence electrons. The monoisotopic (exact) mass is 317 g/mol. The molecule has 1 fully saturated rings. The summed E-state index contributed by atoms with van der Waals surface area (Å²) in [5.41, 5.74) is 1.65. The number of carbonyl (C=O) groups is 2. The number of carboxylic acids is 1. The van der Waals surface area contributed by atoms with Crippen LogP contribution in [0.3, 0.4) is 0 Å². The highest BCUT2D eigenvalue weighted by atomic mass is 16.4. The van der Waals surface area contributed by atoms with Crippen molar-refractivity contribution in [1.82, 2.24) is 4.90 Å². The zero-order chi connectivity index (χ0) is 17.0. The summed E-state index contributed by atoms with van der Waals surface area (Å²) in [6, 6.07) is 8.40. The van der Waals surface area contributed by atoms with E-state index in [9.17, 15) is 14.7 Å². The summed E-state index contributed by atoms with van der Waals surface area (Å²) in [6.45, 7) is 6.91. The average molecular weight is 317 g/mol. The van der Waals surface area contributed by atoms with Gasteiger partial charge in [0.15, 0.2) is 0 Å². The van der Waals surface area contributed by atoms with Crippen LogP contribution in [0, 0.1) is 5.41 Å². The number of nitrogens with zero attached hydrogens (tertiary/aromatic N) is 1. The first-order chi connectivity index (χ1) is 10.9. The van der Waals surface area contributed by atoms with E-state index in [-0.39, 0.29) is 11.8 Å². The minimum atomic E-state index is -0.807. The fraction of sp³-hybridized carbons (Fsp3) is 0.579. The van der Waals surface area contributed by atoms with Crippen LogP contribution in [0.25, 0.3) is 0 Å². The lowest BCUT2D eigenvalue weighted by molar-refractivity contribution is -0.153. The van der Waals surface area contributed by atoms with Crippen LogP contribution in [0.4, 0.5) is 0 Å². The highest BCUT2D eigenvalue weighted by Gasteiger charge is 2.39. The number of amides is 1. The number of aliphatic carboxylic acids is 1. The minimum Gasteiger partial charge on any atom is -0.481 e. The second kappa shape index (κ2) is 7.16. The number of likely N-dealkylation sites (tertiary alicyclic amines) is 1. The molecule has 0 aliphatic carbocycles. The normalized spacial score (nSPS) is 22.7. The molecule has 2 atom stereocenters. The summed E-state index contributed by atoms with van der Waals surface area (Å²) in [5, 5.41) is 9.37. The molecule has 4 nitrogen and oxygen atoms in total. The van der Waals surface area contributed by atoms with E-state index >= 15 is 0 Å². The van der Waals surface area contributed by atoms with Crippen molar-refractivity contribution < 1.29 is 14.7 Å². The van der Waals surface area contributed by atoms with Crippen LogP contribution < -0.4 is 0 Å². The van der Waals surface area contributed by atoms with E-state index in [4.69, 9.17) is 0 Å². The Morgan fingerprint density at radius 3 is 2.52 bits per heavy atom. The van der Waals surface area contributed by atoms with Crippen molar-refractivity contribution in [2.45, 2.75) is 52.4 Å². The Bertz CT molecular complexity index is 566. The Labute approximate surface area is 138 Å². The quantitative estimate of drug-likeness (QED) is 0.905. The Balaban J connectivity index is 1.98. The lowest BCUT2D eigenvalue weighted by atomic mass is 9.81. The van der Waals surface area contributed by atoms with Crippen LogP contribution in [0.1, 0.15) is 57.1 Å². The van der Waals surface area contributed by atoms with Crippen molar-refractivity contribution in [1.29, 1.82) is 0 Å². The van der Waals surface area contributed by atoms with Crippen molar-refractivity contribution in [3.8, 4) is 0 Å². The number of hydrogen-bond acceptors (Lipinski definition) is 2. The zero-order valence-corrected chi connectivity index (χ0v) is 14.3. The third-order valence-corrected chi connectivity index (χ3v) is 5.00. The second-order valence-corrected chi connectivity index (χ2v) is 6.98. The fourth-order valence-corrected chi connectivity index (χ4v) is 3.22. The molecule has 2 unspecified atom stereocenters. The molecule has 1 aliphatic heterocycles. The zero-order valence-electron chi connectivity index (χ0n) is 14.3. The molecule has 1 aliphatic rings. The second-order valence-electron chi connectivity index (χ2n) is 6.98. The fourth-order valence-electron chi connectivity index (χ4n) is 3.22. The molecule has 1 saturated heterocycles. The number of rotatable bonds is 5. The Morgan fingerprint density at radius 2 is 1.96 bits per heavy atom. The van der Waals surface area contributed by atoms with Crippen molar-refractivity contribution in [2.24, 2.45) is 5.41 Å². The van der Waals surface area contributed by atoms with Gasteiger partial charge in [0.05, 0.1) is 5.41 Å². The summed E-state index contributed by atoms with van der Waals surface area (Å²) in [5.74, 6) is -0.603. The Hall–Kier alpha value is -1.84. The third kappa shape index (κ3) is 4.12. The molecule has 0 saturated carbocycles. The Kier molecular flexibility index (Phi) is 5.45. The number of carboxylic acid groups (broad SMARTS) is 1. The van der Waals surface area contributed by atoms with Gasteiger partial charge in [0.1, 0.15) is 0 Å². The number of piperidine rings is 1. The molecular weight excluding hydrogens is 290 g/mol. The molecule has 4 heteroatoms. The standard InChI is InChI=1S/C19H27NO3/c1-4-15-6-8-16(9-7-15)14(2)12-17(21)20-11-5-10-19(3,13-20)18(22)23/h6-9,14H,4-5,10-13H2,1-3H3,(H,22,23). The molecule has 2 rings (SSSR count). The molecule has 0 bridgehead atoms. The third-order valence-electron chi connectivity index (χ3n) is 5.00. The highest BCUT2D eigenvalue weighted by molar-refractivity contribution is 5.80. The summed E-state index contributed by atoms with van der Waals surface area (Å²) < 4.78 is 0. The van der Waals surface area contributed by atoms with Crippen LogP contribution in [0.2, 0.25) is 0 Å². The molecule has 1 aromatic carbocycles. The van der Waals surface area contributed by atoms with Gasteiger partial charge in [-0.05, 0) is 43.2 Å². The van der Waals surface area contributed by atoms with Gasteiger partial charge in [0, 0.05) is 19.5 Å². The molecule has 0 aromatic heterocycles. The average Bonchev–Trinajstić information content (AvgIpc) is 2.54. The molecule has 0 spiro atoms. The maximum Gasteiger partial charge on any atom is 0.311 e. The van der Waals surface area contributed by atoms with Gasteiger partial charge in [-0.25, -0.2) is 0 Å². The molecule has 23 heavy (non-hydrogen) atoms. The van der Waals surface area contributed by atoms with Gasteiger partial charge in [-0.15, -0.1) is 0 Å². The van der Waals surface area contributed by atoms with Crippen molar-refractivity contribution in [3.05, 3.63) is 35.4 Å². The van der Waals surface area contributed by atoms with Crippen LogP contribution >= 0.6 is 0 Å². The summed E-state index contributed by atoms with van der Waals surface area (Å²) in [7, 11) is 0. The van der Waals surface area contributed by atoms with Crippen molar-refractivity contribution in [2.75, 3.05) is 13.1 Å². The molecule has 1 N–H and O–H groups in total. The lowest BCUT2D eigenvalue weighted by Gasteiger charge is -2.38. The van der Waals surface area contributed by atoms with E-state index in [1.807, 2.05) is 0 Å². The highest BCUT2D eigenvalue weighted by Crippen LogP contribution is 2.31. The predicted molar refractivity (Wildman–Crippen MR) is 90.4 cm³/mol. The first-order valence-electron chi connectivity index (χ1n) is 8.45. The van der Waals surface area contributed by atoms with Gasteiger partial charge in [0.25, 0.3) is 0 Å². The SMILES string of the molecule is CCc1ccc(C(C)CC(=O)N2CCCC(C)(C(=O)O)C2)cc1. The molecule has 0 radical (unpaired) electrons. The van der Waals surface area contributed by atoms with Gasteiger partial charge < -0.3 is 10.0 Å². The molecule has 1 aromatic rings. The number of aryl methyl sites for hydroxylation is 1. The van der Waals surface area contributed by atoms with Gasteiger partial charge in [-0.3, -0.25) is 9.59 Å². The molecule has 1 heterocycles. The lowest BCUT2D eigenvalue weighted by Crippen LogP contribution is -2.48. The Morgan fingerprint density at radius 1 is 1.30 bits per heavy atom. The summed E-state index contributed by atoms with van der Waals surface area (Å²) >= 11 is 0. The minimum absolute atomic E-state index is 0.0595. The number of benzene rings is 1. The summed E-state index contributed by atoms with van der Waals surface area (Å²) in [6.07, 6.45) is 2.84. The topological polar surface area (TPSA) is 57.6 Å². The van der Waals surface area contributed by atoms with Gasteiger partial charge >= 0.3 is 5.97 Å². The van der Waals surface area contributed by atoms with Crippen LogP contribution in [0.5, 0.6) is 0 Å². The largest absolute Gasteiger partial charge is 0.481 e. The van der Waals surface area contributed by atoms with E-state index < -0.39 is 11.4 Å².